The van der Waals surface area contributed by atoms with Gasteiger partial charge < -0.3 is 19.5 Å². The molecule has 0 bridgehead atoms. The summed E-state index contributed by atoms with van der Waals surface area (Å²) >= 11 is 0. The highest BCUT2D eigenvalue weighted by Crippen LogP contribution is 2.26. The van der Waals surface area contributed by atoms with Gasteiger partial charge in [-0.15, -0.1) is 0 Å². The number of benzene rings is 1. The molecule has 0 aromatic heterocycles. The van der Waals surface area contributed by atoms with Gasteiger partial charge in [-0.05, 0) is 30.2 Å². The molecule has 0 saturated heterocycles. The van der Waals surface area contributed by atoms with Crippen molar-refractivity contribution in [3.63, 3.8) is 0 Å². The molecule has 1 N–H and O–H groups in total. The lowest BCUT2D eigenvalue weighted by Crippen LogP contribution is -2.55. The van der Waals surface area contributed by atoms with E-state index in [1.807, 2.05) is 38.1 Å². The van der Waals surface area contributed by atoms with Crippen LogP contribution in [0.15, 0.2) is 24.3 Å². The fraction of sp³-hybridized carbons (Fsp3) is 0.533. The third kappa shape index (κ3) is 3.42. The summed E-state index contributed by atoms with van der Waals surface area (Å²) in [7, 11) is 4.56. The molecule has 5 nitrogen and oxygen atoms in total. The molecule has 1 aromatic carbocycles. The number of rotatable bonds is 7. The van der Waals surface area contributed by atoms with E-state index < -0.39 is 5.54 Å². The highest BCUT2D eigenvalue weighted by Gasteiger charge is 2.43. The fourth-order valence-electron chi connectivity index (χ4n) is 2.03. The van der Waals surface area contributed by atoms with Gasteiger partial charge in [0.2, 0.25) is 0 Å². The predicted molar refractivity (Wildman–Crippen MR) is 78.1 cm³/mol. The van der Waals surface area contributed by atoms with Crippen LogP contribution in [0.25, 0.3) is 0 Å². The minimum absolute atomic E-state index is 0.00278. The van der Waals surface area contributed by atoms with Crippen LogP contribution in [0.2, 0.25) is 0 Å². The second-order valence-corrected chi connectivity index (χ2v) is 4.90. The molecule has 0 spiro atoms. The Bertz CT molecular complexity index is 430. The second-order valence-electron chi connectivity index (χ2n) is 4.90. The standard InChI is InChI=1S/C15H23NO4/c1-11(2)15(10-18-3,14(17)20-5)16-12-6-8-13(19-4)9-7-12/h6-9,11,16H,10H2,1-5H3. The van der Waals surface area contributed by atoms with Crippen molar-refractivity contribution in [3.05, 3.63) is 24.3 Å². The molecule has 20 heavy (non-hydrogen) atoms. The van der Waals surface area contributed by atoms with Crippen LogP contribution in [0.1, 0.15) is 13.8 Å². The van der Waals surface area contributed by atoms with E-state index >= 15 is 0 Å². The lowest BCUT2D eigenvalue weighted by molar-refractivity contribution is -0.150. The van der Waals surface area contributed by atoms with Crippen molar-refractivity contribution in [2.75, 3.05) is 33.3 Å². The van der Waals surface area contributed by atoms with E-state index in [-0.39, 0.29) is 18.5 Å². The predicted octanol–water partition coefficient (Wildman–Crippen LogP) is 2.32. The molecule has 0 saturated carbocycles. The number of hydrogen-bond donors (Lipinski definition) is 1. The first kappa shape index (κ1) is 16.3. The summed E-state index contributed by atoms with van der Waals surface area (Å²) in [5.41, 5.74) is -0.111. The molecule has 0 heterocycles. The average molecular weight is 281 g/mol. The Balaban J connectivity index is 3.06. The lowest BCUT2D eigenvalue weighted by atomic mass is 9.86. The summed E-state index contributed by atoms with van der Waals surface area (Å²) in [6.45, 7) is 4.13. The van der Waals surface area contributed by atoms with E-state index in [0.717, 1.165) is 11.4 Å². The molecule has 0 radical (unpaired) electrons. The molecule has 0 aliphatic heterocycles. The largest absolute Gasteiger partial charge is 0.497 e. The van der Waals surface area contributed by atoms with Crippen LogP contribution in [0, 0.1) is 5.92 Å². The smallest absolute Gasteiger partial charge is 0.334 e. The van der Waals surface area contributed by atoms with Gasteiger partial charge in [0.15, 0.2) is 5.54 Å². The van der Waals surface area contributed by atoms with E-state index in [0.29, 0.717) is 0 Å². The highest BCUT2D eigenvalue weighted by atomic mass is 16.5. The van der Waals surface area contributed by atoms with Crippen molar-refractivity contribution in [2.24, 2.45) is 5.92 Å². The van der Waals surface area contributed by atoms with E-state index in [4.69, 9.17) is 14.2 Å². The summed E-state index contributed by atoms with van der Waals surface area (Å²) in [5.74, 6) is 0.415. The van der Waals surface area contributed by atoms with Crippen molar-refractivity contribution >= 4 is 11.7 Å². The van der Waals surface area contributed by atoms with Gasteiger partial charge in [-0.1, -0.05) is 13.8 Å². The number of ether oxygens (including phenoxy) is 3. The minimum Gasteiger partial charge on any atom is -0.497 e. The molecular formula is C15H23NO4. The van der Waals surface area contributed by atoms with E-state index in [2.05, 4.69) is 5.32 Å². The molecule has 1 aromatic rings. The Morgan fingerprint density at radius 3 is 2.20 bits per heavy atom. The lowest BCUT2D eigenvalue weighted by Gasteiger charge is -2.35. The third-order valence-corrected chi connectivity index (χ3v) is 3.36. The zero-order valence-corrected chi connectivity index (χ0v) is 12.7. The zero-order chi connectivity index (χ0) is 15.2. The van der Waals surface area contributed by atoms with Crippen molar-refractivity contribution in [3.8, 4) is 5.75 Å². The maximum absolute atomic E-state index is 12.2. The van der Waals surface area contributed by atoms with Crippen LogP contribution in [-0.4, -0.2) is 39.4 Å². The van der Waals surface area contributed by atoms with Crippen LogP contribution >= 0.6 is 0 Å². The van der Waals surface area contributed by atoms with Gasteiger partial charge in [-0.25, -0.2) is 4.79 Å². The molecule has 0 amide bonds. The number of nitrogens with one attached hydrogen (secondary N) is 1. The fourth-order valence-corrected chi connectivity index (χ4v) is 2.03. The number of carbonyl (C=O) groups is 1. The Morgan fingerprint density at radius 2 is 1.80 bits per heavy atom. The summed E-state index contributed by atoms with van der Waals surface area (Å²) in [6.07, 6.45) is 0. The van der Waals surface area contributed by atoms with Crippen LogP contribution in [0.3, 0.4) is 0 Å². The quantitative estimate of drug-likeness (QED) is 0.777. The SMILES string of the molecule is COCC(Nc1ccc(OC)cc1)(C(=O)OC)C(C)C. The van der Waals surface area contributed by atoms with Crippen LogP contribution in [-0.2, 0) is 14.3 Å². The Hall–Kier alpha value is -1.75. The summed E-state index contributed by atoms with van der Waals surface area (Å²) in [6, 6.07) is 7.37. The first-order valence-corrected chi connectivity index (χ1v) is 6.49. The number of esters is 1. The van der Waals surface area contributed by atoms with Gasteiger partial charge in [0.1, 0.15) is 5.75 Å². The molecule has 0 aliphatic carbocycles. The van der Waals surface area contributed by atoms with Gasteiger partial charge in [-0.3, -0.25) is 0 Å². The summed E-state index contributed by atoms with van der Waals surface area (Å²) in [5, 5.41) is 3.24. The topological polar surface area (TPSA) is 56.8 Å². The molecule has 1 rings (SSSR count). The van der Waals surface area contributed by atoms with Crippen LogP contribution in [0.4, 0.5) is 5.69 Å². The van der Waals surface area contributed by atoms with Crippen molar-refractivity contribution < 1.29 is 19.0 Å². The first-order chi connectivity index (χ1) is 9.50. The minimum atomic E-state index is -0.919. The Labute approximate surface area is 120 Å². The highest BCUT2D eigenvalue weighted by molar-refractivity contribution is 5.85. The Kier molecular flexibility index (Phi) is 5.82. The monoisotopic (exact) mass is 281 g/mol. The van der Waals surface area contributed by atoms with E-state index in [1.54, 1.807) is 14.2 Å². The maximum atomic E-state index is 12.2. The number of anilines is 1. The van der Waals surface area contributed by atoms with Crippen molar-refractivity contribution in [2.45, 2.75) is 19.4 Å². The number of methoxy groups -OCH3 is 3. The first-order valence-electron chi connectivity index (χ1n) is 6.49. The molecule has 1 unspecified atom stereocenters. The summed E-state index contributed by atoms with van der Waals surface area (Å²) in [4.78, 5) is 12.2. The molecule has 1 atom stereocenters. The van der Waals surface area contributed by atoms with Gasteiger partial charge in [-0.2, -0.15) is 0 Å². The third-order valence-electron chi connectivity index (χ3n) is 3.36. The van der Waals surface area contributed by atoms with Crippen LogP contribution in [0.5, 0.6) is 5.75 Å². The van der Waals surface area contributed by atoms with E-state index in [1.165, 1.54) is 7.11 Å². The molecule has 0 aliphatic rings. The molecule has 112 valence electrons. The second kappa shape index (κ2) is 7.14. The normalized spacial score (nSPS) is 13.7. The molecule has 5 heteroatoms. The zero-order valence-electron chi connectivity index (χ0n) is 12.7. The average Bonchev–Trinajstić information content (AvgIpc) is 2.46. The van der Waals surface area contributed by atoms with Gasteiger partial charge in [0.25, 0.3) is 0 Å². The number of hydrogen-bond acceptors (Lipinski definition) is 5. The van der Waals surface area contributed by atoms with Gasteiger partial charge in [0, 0.05) is 12.8 Å². The van der Waals surface area contributed by atoms with Crippen molar-refractivity contribution in [1.82, 2.24) is 0 Å². The Morgan fingerprint density at radius 1 is 1.20 bits per heavy atom. The number of carbonyl (C=O) groups excluding carboxylic acids is 1. The molecular weight excluding hydrogens is 258 g/mol. The van der Waals surface area contributed by atoms with Crippen LogP contribution < -0.4 is 10.1 Å². The summed E-state index contributed by atoms with van der Waals surface area (Å²) < 4.78 is 15.3. The van der Waals surface area contributed by atoms with E-state index in [9.17, 15) is 4.79 Å². The van der Waals surface area contributed by atoms with Crippen molar-refractivity contribution in [1.29, 1.82) is 0 Å². The molecule has 0 fully saturated rings. The van der Waals surface area contributed by atoms with Gasteiger partial charge in [0.05, 0.1) is 20.8 Å². The van der Waals surface area contributed by atoms with Gasteiger partial charge >= 0.3 is 5.97 Å². The maximum Gasteiger partial charge on any atom is 0.334 e.